The van der Waals surface area contributed by atoms with E-state index in [-0.39, 0.29) is 18.8 Å². The van der Waals surface area contributed by atoms with Crippen molar-refractivity contribution in [2.45, 2.75) is 12.5 Å². The maximum Gasteiger partial charge on any atom is 0.305 e. The van der Waals surface area contributed by atoms with Gasteiger partial charge in [-0.15, -0.1) is 12.4 Å². The third-order valence-electron chi connectivity index (χ3n) is 2.23. The van der Waals surface area contributed by atoms with Crippen LogP contribution in [0.4, 0.5) is 0 Å². The van der Waals surface area contributed by atoms with Gasteiger partial charge in [0.15, 0.2) is 11.5 Å². The molecule has 0 aliphatic rings. The first-order valence-corrected chi connectivity index (χ1v) is 4.77. The van der Waals surface area contributed by atoms with Gasteiger partial charge in [0.2, 0.25) is 0 Å². The van der Waals surface area contributed by atoms with Crippen LogP contribution in [-0.4, -0.2) is 25.3 Å². The molecule has 0 radical (unpaired) electrons. The Morgan fingerprint density at radius 2 is 1.94 bits per heavy atom. The molecule has 0 heterocycles. The monoisotopic (exact) mass is 261 g/mol. The van der Waals surface area contributed by atoms with Gasteiger partial charge in [0.1, 0.15) is 0 Å². The number of carboxylic acid groups (broad SMARTS) is 1. The van der Waals surface area contributed by atoms with E-state index in [9.17, 15) is 4.79 Å². The maximum absolute atomic E-state index is 10.5. The van der Waals surface area contributed by atoms with Crippen LogP contribution in [0.2, 0.25) is 0 Å². The molecule has 0 saturated carbocycles. The normalized spacial score (nSPS) is 11.2. The molecule has 6 heteroatoms. The van der Waals surface area contributed by atoms with Gasteiger partial charge in [0.25, 0.3) is 0 Å². The smallest absolute Gasteiger partial charge is 0.305 e. The second-order valence-electron chi connectivity index (χ2n) is 3.32. The molecular formula is C11H16ClNO4. The largest absolute Gasteiger partial charge is 0.493 e. The number of carbonyl (C=O) groups is 1. The average molecular weight is 262 g/mol. The van der Waals surface area contributed by atoms with E-state index in [1.807, 2.05) is 0 Å². The molecule has 3 N–H and O–H groups in total. The fraction of sp³-hybridized carbons (Fsp3) is 0.364. The molecule has 1 aromatic carbocycles. The molecule has 0 amide bonds. The summed E-state index contributed by atoms with van der Waals surface area (Å²) in [6.07, 6.45) is -0.116. The summed E-state index contributed by atoms with van der Waals surface area (Å²) in [6, 6.07) is 4.58. The summed E-state index contributed by atoms with van der Waals surface area (Å²) in [4.78, 5) is 10.5. The van der Waals surface area contributed by atoms with Crippen LogP contribution in [0, 0.1) is 0 Å². The molecule has 0 aliphatic heterocycles. The van der Waals surface area contributed by atoms with Crippen molar-refractivity contribution in [1.29, 1.82) is 0 Å². The van der Waals surface area contributed by atoms with Gasteiger partial charge in [-0.3, -0.25) is 4.79 Å². The van der Waals surface area contributed by atoms with E-state index >= 15 is 0 Å². The van der Waals surface area contributed by atoms with Gasteiger partial charge in [-0.1, -0.05) is 6.07 Å². The van der Waals surface area contributed by atoms with Crippen LogP contribution < -0.4 is 15.2 Å². The zero-order valence-electron chi connectivity index (χ0n) is 9.67. The highest BCUT2D eigenvalue weighted by molar-refractivity contribution is 5.85. The molecule has 0 bridgehead atoms. The second kappa shape index (κ2) is 6.98. The number of methoxy groups -OCH3 is 2. The Balaban J connectivity index is 0.00000256. The summed E-state index contributed by atoms with van der Waals surface area (Å²) >= 11 is 0. The van der Waals surface area contributed by atoms with E-state index in [0.29, 0.717) is 17.1 Å². The van der Waals surface area contributed by atoms with Gasteiger partial charge in [-0.05, 0) is 17.7 Å². The Bertz CT molecular complexity index is 384. The Labute approximate surface area is 106 Å². The Morgan fingerprint density at radius 1 is 1.35 bits per heavy atom. The molecule has 17 heavy (non-hydrogen) atoms. The summed E-state index contributed by atoms with van der Waals surface area (Å²) in [7, 11) is 3.05. The number of halogens is 1. The van der Waals surface area contributed by atoms with E-state index in [4.69, 9.17) is 20.3 Å². The quantitative estimate of drug-likeness (QED) is 0.841. The highest BCUT2D eigenvalue weighted by Crippen LogP contribution is 2.30. The van der Waals surface area contributed by atoms with Gasteiger partial charge in [-0.2, -0.15) is 0 Å². The van der Waals surface area contributed by atoms with Crippen molar-refractivity contribution < 1.29 is 19.4 Å². The van der Waals surface area contributed by atoms with Crippen molar-refractivity contribution in [2.75, 3.05) is 14.2 Å². The number of hydrogen-bond donors (Lipinski definition) is 2. The Kier molecular flexibility index (Phi) is 6.38. The van der Waals surface area contributed by atoms with Crippen LogP contribution in [0.1, 0.15) is 18.0 Å². The molecule has 96 valence electrons. The van der Waals surface area contributed by atoms with Crippen molar-refractivity contribution in [3.63, 3.8) is 0 Å². The molecule has 0 fully saturated rings. The number of nitrogens with two attached hydrogens (primary N) is 1. The number of hydrogen-bond acceptors (Lipinski definition) is 4. The zero-order chi connectivity index (χ0) is 12.1. The fourth-order valence-electron chi connectivity index (χ4n) is 1.39. The van der Waals surface area contributed by atoms with Gasteiger partial charge >= 0.3 is 5.97 Å². The lowest BCUT2D eigenvalue weighted by Gasteiger charge is -2.13. The van der Waals surface area contributed by atoms with Crippen LogP contribution in [-0.2, 0) is 4.79 Å². The van der Waals surface area contributed by atoms with Crippen molar-refractivity contribution in [3.05, 3.63) is 23.8 Å². The molecule has 5 nitrogen and oxygen atoms in total. The molecule has 0 saturated heterocycles. The molecule has 0 unspecified atom stereocenters. The van der Waals surface area contributed by atoms with Gasteiger partial charge in [0.05, 0.1) is 20.6 Å². The minimum absolute atomic E-state index is 0. The van der Waals surface area contributed by atoms with Gasteiger partial charge in [-0.25, -0.2) is 0 Å². The molecule has 0 aromatic heterocycles. The lowest BCUT2D eigenvalue weighted by atomic mass is 10.0. The van der Waals surface area contributed by atoms with Crippen LogP contribution in [0.25, 0.3) is 0 Å². The molecule has 0 aliphatic carbocycles. The topological polar surface area (TPSA) is 81.8 Å². The van der Waals surface area contributed by atoms with Crippen molar-refractivity contribution in [3.8, 4) is 11.5 Å². The molecular weight excluding hydrogens is 246 g/mol. The third-order valence-corrected chi connectivity index (χ3v) is 2.23. The first-order valence-electron chi connectivity index (χ1n) is 4.77. The highest BCUT2D eigenvalue weighted by atomic mass is 35.5. The SMILES string of the molecule is COc1ccc([C@H](N)CC(=O)O)cc1OC.Cl. The number of rotatable bonds is 5. The highest BCUT2D eigenvalue weighted by Gasteiger charge is 2.13. The van der Waals surface area contributed by atoms with Gasteiger partial charge in [0, 0.05) is 6.04 Å². The van der Waals surface area contributed by atoms with E-state index in [0.717, 1.165) is 0 Å². The predicted octanol–water partition coefficient (Wildman–Crippen LogP) is 1.60. The Morgan fingerprint density at radius 3 is 2.41 bits per heavy atom. The summed E-state index contributed by atoms with van der Waals surface area (Å²) in [5.41, 5.74) is 6.44. The van der Waals surface area contributed by atoms with Crippen molar-refractivity contribution in [2.24, 2.45) is 5.73 Å². The second-order valence-corrected chi connectivity index (χ2v) is 3.32. The summed E-state index contributed by atoms with van der Waals surface area (Å²) in [5.74, 6) is 0.205. The van der Waals surface area contributed by atoms with Crippen LogP contribution in [0.3, 0.4) is 0 Å². The number of ether oxygens (including phenoxy) is 2. The number of benzene rings is 1. The van der Waals surface area contributed by atoms with E-state index in [1.54, 1.807) is 18.2 Å². The third kappa shape index (κ3) is 4.13. The van der Waals surface area contributed by atoms with Crippen molar-refractivity contribution in [1.82, 2.24) is 0 Å². The minimum atomic E-state index is -0.928. The minimum Gasteiger partial charge on any atom is -0.493 e. The fourth-order valence-corrected chi connectivity index (χ4v) is 1.39. The average Bonchev–Trinajstić information content (AvgIpc) is 2.27. The molecule has 1 aromatic rings. The molecule has 1 atom stereocenters. The lowest BCUT2D eigenvalue weighted by Crippen LogP contribution is -2.15. The molecule has 0 spiro atoms. The van der Waals surface area contributed by atoms with Crippen LogP contribution in [0.15, 0.2) is 18.2 Å². The first kappa shape index (κ1) is 15.5. The van der Waals surface area contributed by atoms with Crippen LogP contribution in [0.5, 0.6) is 11.5 Å². The standard InChI is InChI=1S/C11H15NO4.ClH/c1-15-9-4-3-7(5-10(9)16-2)8(12)6-11(13)14;/h3-5,8H,6,12H2,1-2H3,(H,13,14);1H/t8-;/m1./s1. The lowest BCUT2D eigenvalue weighted by molar-refractivity contribution is -0.137. The number of carboxylic acids is 1. The summed E-state index contributed by atoms with van der Waals surface area (Å²) in [6.45, 7) is 0. The van der Waals surface area contributed by atoms with E-state index in [2.05, 4.69) is 0 Å². The summed E-state index contributed by atoms with van der Waals surface area (Å²) in [5, 5.41) is 8.64. The molecule has 1 rings (SSSR count). The zero-order valence-corrected chi connectivity index (χ0v) is 10.5. The predicted molar refractivity (Wildman–Crippen MR) is 66.0 cm³/mol. The van der Waals surface area contributed by atoms with Gasteiger partial charge < -0.3 is 20.3 Å². The number of aliphatic carboxylic acids is 1. The van der Waals surface area contributed by atoms with Crippen molar-refractivity contribution >= 4 is 18.4 Å². The van der Waals surface area contributed by atoms with Crippen LogP contribution >= 0.6 is 12.4 Å². The first-order chi connectivity index (χ1) is 7.58. The maximum atomic E-state index is 10.5. The van der Waals surface area contributed by atoms with E-state index < -0.39 is 12.0 Å². The summed E-state index contributed by atoms with van der Waals surface area (Å²) < 4.78 is 10.2. The Hall–Kier alpha value is -1.46. The van der Waals surface area contributed by atoms with E-state index in [1.165, 1.54) is 14.2 Å².